The molecule has 0 unspecified atom stereocenters. The van der Waals surface area contributed by atoms with Gasteiger partial charge in [0.15, 0.2) is 11.7 Å². The van der Waals surface area contributed by atoms with E-state index in [1.807, 2.05) is 26.0 Å². The molecule has 0 saturated heterocycles. The van der Waals surface area contributed by atoms with E-state index in [-0.39, 0.29) is 35.3 Å². The van der Waals surface area contributed by atoms with E-state index in [1.54, 1.807) is 6.07 Å². The van der Waals surface area contributed by atoms with Gasteiger partial charge in [0.1, 0.15) is 5.75 Å². The smallest absolute Gasteiger partial charge is 0.269 e. The maximum Gasteiger partial charge on any atom is 0.269 e. The Balaban J connectivity index is 1.64. The van der Waals surface area contributed by atoms with E-state index in [1.165, 1.54) is 24.3 Å². The molecule has 0 aromatic heterocycles. The second-order valence-corrected chi connectivity index (χ2v) is 7.36. The van der Waals surface area contributed by atoms with Gasteiger partial charge < -0.3 is 10.1 Å². The monoisotopic (exact) mass is 473 g/mol. The fourth-order valence-electron chi connectivity index (χ4n) is 2.59. The van der Waals surface area contributed by atoms with Gasteiger partial charge in [0.05, 0.1) is 4.92 Å². The van der Waals surface area contributed by atoms with Crippen molar-refractivity contribution in [2.45, 2.75) is 26.7 Å². The molecule has 2 aromatic carbocycles. The molecule has 0 saturated carbocycles. The third kappa shape index (κ3) is 8.91. The lowest BCUT2D eigenvalue weighted by atomic mass is 10.1. The van der Waals surface area contributed by atoms with Gasteiger partial charge in [-0.3, -0.25) is 40.7 Å². The first kappa shape index (κ1) is 25.2. The number of hydrazine groups is 1. The van der Waals surface area contributed by atoms with Crippen LogP contribution in [0.2, 0.25) is 0 Å². The molecule has 11 nitrogen and oxygen atoms in total. The van der Waals surface area contributed by atoms with Crippen molar-refractivity contribution in [2.75, 3.05) is 11.9 Å². The number of carbonyl (C=O) groups is 3. The first-order valence-corrected chi connectivity index (χ1v) is 10.2. The number of amides is 3. The zero-order chi connectivity index (χ0) is 24.4. The molecule has 2 rings (SSSR count). The molecule has 33 heavy (non-hydrogen) atoms. The van der Waals surface area contributed by atoms with Gasteiger partial charge in [-0.15, -0.1) is 0 Å². The van der Waals surface area contributed by atoms with Crippen LogP contribution in [0.5, 0.6) is 5.75 Å². The molecule has 0 radical (unpaired) electrons. The van der Waals surface area contributed by atoms with Gasteiger partial charge in [0.2, 0.25) is 11.8 Å². The number of benzene rings is 2. The number of carbonyl (C=O) groups excluding carboxylic acids is 3. The Hall–Kier alpha value is -4.06. The van der Waals surface area contributed by atoms with Crippen LogP contribution in [0.3, 0.4) is 0 Å². The molecule has 0 heterocycles. The topological polar surface area (TPSA) is 152 Å². The van der Waals surface area contributed by atoms with E-state index >= 15 is 0 Å². The summed E-state index contributed by atoms with van der Waals surface area (Å²) in [4.78, 5) is 45.8. The fourth-order valence-corrected chi connectivity index (χ4v) is 2.75. The largest absolute Gasteiger partial charge is 0.484 e. The van der Waals surface area contributed by atoms with E-state index in [0.717, 1.165) is 11.1 Å². The zero-order valence-corrected chi connectivity index (χ0v) is 18.8. The lowest BCUT2D eigenvalue weighted by Gasteiger charge is -2.12. The number of nitrogens with one attached hydrogen (secondary N) is 4. The molecule has 0 atom stereocenters. The first-order valence-electron chi connectivity index (χ1n) is 9.77. The predicted octanol–water partition coefficient (Wildman–Crippen LogP) is 2.03. The van der Waals surface area contributed by atoms with Gasteiger partial charge in [-0.2, -0.15) is 0 Å². The van der Waals surface area contributed by atoms with Crippen LogP contribution >= 0.6 is 12.2 Å². The van der Waals surface area contributed by atoms with Gasteiger partial charge in [-0.25, -0.2) is 0 Å². The average Bonchev–Trinajstić information content (AvgIpc) is 2.77. The molecule has 2 aromatic rings. The highest BCUT2D eigenvalue weighted by molar-refractivity contribution is 7.80. The fraction of sp³-hybridized carbons (Fsp3) is 0.238. The Bertz CT molecular complexity index is 1060. The Morgan fingerprint density at radius 2 is 1.64 bits per heavy atom. The molecule has 4 N–H and O–H groups in total. The molecule has 0 fully saturated rings. The summed E-state index contributed by atoms with van der Waals surface area (Å²) in [5, 5.41) is 15.5. The summed E-state index contributed by atoms with van der Waals surface area (Å²) in [5.74, 6) is -1.14. The van der Waals surface area contributed by atoms with Crippen molar-refractivity contribution < 1.29 is 24.0 Å². The summed E-state index contributed by atoms with van der Waals surface area (Å²) in [6.45, 7) is 3.44. The maximum absolute atomic E-state index is 12.0. The molecule has 3 amide bonds. The quantitative estimate of drug-likeness (QED) is 0.258. The van der Waals surface area contributed by atoms with Crippen molar-refractivity contribution in [1.29, 1.82) is 0 Å². The summed E-state index contributed by atoms with van der Waals surface area (Å²) in [7, 11) is 0. The van der Waals surface area contributed by atoms with Crippen LogP contribution < -0.4 is 26.2 Å². The minimum absolute atomic E-state index is 0.0387. The van der Waals surface area contributed by atoms with E-state index in [9.17, 15) is 24.5 Å². The van der Waals surface area contributed by atoms with Gasteiger partial charge in [-0.1, -0.05) is 17.7 Å². The van der Waals surface area contributed by atoms with Gasteiger partial charge in [-0.05, 0) is 49.8 Å². The Labute approximate surface area is 195 Å². The van der Waals surface area contributed by atoms with Crippen LogP contribution in [0.1, 0.15) is 24.0 Å². The molecular formula is C21H23N5O6S. The van der Waals surface area contributed by atoms with Crippen molar-refractivity contribution in [3.05, 3.63) is 63.7 Å². The maximum atomic E-state index is 12.0. The number of nitrogens with zero attached hydrogens (tertiary/aromatic N) is 1. The number of ether oxygens (including phenoxy) is 1. The number of thiocarbonyl (C=S) groups is 1. The Morgan fingerprint density at radius 1 is 0.970 bits per heavy atom. The van der Waals surface area contributed by atoms with Gasteiger partial charge in [0.25, 0.3) is 11.6 Å². The number of rotatable bonds is 8. The molecule has 174 valence electrons. The average molecular weight is 474 g/mol. The number of hydrogen-bond donors (Lipinski definition) is 4. The summed E-state index contributed by atoms with van der Waals surface area (Å²) in [5.41, 5.74) is 7.23. The van der Waals surface area contributed by atoms with E-state index in [2.05, 4.69) is 21.5 Å². The lowest BCUT2D eigenvalue weighted by Crippen LogP contribution is -2.49. The molecule has 0 spiro atoms. The Morgan fingerprint density at radius 3 is 2.27 bits per heavy atom. The predicted molar refractivity (Wildman–Crippen MR) is 124 cm³/mol. The second kappa shape index (κ2) is 12.1. The van der Waals surface area contributed by atoms with Gasteiger partial charge in [0, 0.05) is 30.7 Å². The minimum atomic E-state index is -0.604. The summed E-state index contributed by atoms with van der Waals surface area (Å²) in [6.07, 6.45) is -0.132. The third-order valence-electron chi connectivity index (χ3n) is 4.22. The SMILES string of the molecule is Cc1ccc(NC(=O)CCC(=O)NNC(=S)NC(=O)COc2ccc([N+](=O)[O-])cc2)c(C)c1. The Kier molecular flexibility index (Phi) is 9.24. The van der Waals surface area contributed by atoms with Crippen LogP contribution in [-0.2, 0) is 14.4 Å². The van der Waals surface area contributed by atoms with Crippen molar-refractivity contribution in [3.8, 4) is 5.75 Å². The highest BCUT2D eigenvalue weighted by Gasteiger charge is 2.11. The van der Waals surface area contributed by atoms with E-state index < -0.39 is 23.3 Å². The van der Waals surface area contributed by atoms with Crippen LogP contribution in [0, 0.1) is 24.0 Å². The van der Waals surface area contributed by atoms with E-state index in [4.69, 9.17) is 17.0 Å². The normalized spacial score (nSPS) is 10.0. The number of nitro benzene ring substituents is 1. The number of anilines is 1. The summed E-state index contributed by atoms with van der Waals surface area (Å²) >= 11 is 4.91. The lowest BCUT2D eigenvalue weighted by molar-refractivity contribution is -0.384. The molecule has 0 aliphatic carbocycles. The van der Waals surface area contributed by atoms with Crippen LogP contribution in [-0.4, -0.2) is 34.4 Å². The van der Waals surface area contributed by atoms with Crippen molar-refractivity contribution >= 4 is 46.4 Å². The summed E-state index contributed by atoms with van der Waals surface area (Å²) < 4.78 is 5.20. The standard InChI is InChI=1S/C21H23N5O6S/c1-13-3-8-17(14(2)11-13)22-18(27)9-10-19(28)24-25-21(33)23-20(29)12-32-16-6-4-15(5-7-16)26(30)31/h3-8,11H,9-10,12H2,1-2H3,(H,22,27)(H,24,28)(H2,23,25,29,33). The number of hydrogen-bond acceptors (Lipinski definition) is 7. The summed E-state index contributed by atoms with van der Waals surface area (Å²) in [6, 6.07) is 10.8. The van der Waals surface area contributed by atoms with Crippen molar-refractivity contribution in [3.63, 3.8) is 0 Å². The number of aryl methyl sites for hydroxylation is 2. The molecule has 0 aliphatic rings. The number of non-ortho nitro benzene ring substituents is 1. The van der Waals surface area contributed by atoms with E-state index in [0.29, 0.717) is 5.69 Å². The van der Waals surface area contributed by atoms with Crippen molar-refractivity contribution in [1.82, 2.24) is 16.2 Å². The van der Waals surface area contributed by atoms with Crippen molar-refractivity contribution in [2.24, 2.45) is 0 Å². The minimum Gasteiger partial charge on any atom is -0.484 e. The van der Waals surface area contributed by atoms with Crippen LogP contribution in [0.25, 0.3) is 0 Å². The third-order valence-corrected chi connectivity index (χ3v) is 4.43. The highest BCUT2D eigenvalue weighted by Crippen LogP contribution is 2.17. The second-order valence-electron chi connectivity index (χ2n) is 6.96. The van der Waals surface area contributed by atoms with Crippen LogP contribution in [0.15, 0.2) is 42.5 Å². The number of nitro groups is 1. The molecule has 0 bridgehead atoms. The first-order chi connectivity index (χ1) is 15.6. The molecule has 0 aliphatic heterocycles. The van der Waals surface area contributed by atoms with Gasteiger partial charge >= 0.3 is 0 Å². The molecule has 12 heteroatoms. The highest BCUT2D eigenvalue weighted by atomic mass is 32.1. The van der Waals surface area contributed by atoms with Crippen LogP contribution in [0.4, 0.5) is 11.4 Å². The zero-order valence-electron chi connectivity index (χ0n) is 18.0. The molecular weight excluding hydrogens is 450 g/mol.